The Morgan fingerprint density at radius 2 is 1.70 bits per heavy atom. The lowest BCUT2D eigenvalue weighted by Crippen LogP contribution is -2.46. The fourth-order valence-electron chi connectivity index (χ4n) is 4.64. The summed E-state index contributed by atoms with van der Waals surface area (Å²) in [4.78, 5) is 29.8. The fraction of sp³-hybridized carbons (Fsp3) is 0.636. The van der Waals surface area contributed by atoms with Crippen molar-refractivity contribution in [2.75, 3.05) is 13.1 Å². The van der Waals surface area contributed by atoms with E-state index in [-0.39, 0.29) is 23.5 Å². The molecule has 0 atom stereocenters. The number of hydrogen-bond acceptors (Lipinski definition) is 3. The number of carbonyl (C=O) groups excluding carboxylic acids is 2. The van der Waals surface area contributed by atoms with E-state index < -0.39 is 0 Å². The van der Waals surface area contributed by atoms with Crippen molar-refractivity contribution in [3.63, 3.8) is 0 Å². The van der Waals surface area contributed by atoms with Crippen LogP contribution in [0.1, 0.15) is 56.9 Å². The lowest BCUT2D eigenvalue weighted by atomic mass is 9.93. The van der Waals surface area contributed by atoms with Gasteiger partial charge >= 0.3 is 0 Å². The van der Waals surface area contributed by atoms with Gasteiger partial charge in [-0.25, -0.2) is 0 Å². The Balaban J connectivity index is 1.35. The molecule has 2 amide bonds. The van der Waals surface area contributed by atoms with E-state index in [9.17, 15) is 14.7 Å². The van der Waals surface area contributed by atoms with Gasteiger partial charge < -0.3 is 14.9 Å². The summed E-state index contributed by atoms with van der Waals surface area (Å²) in [5, 5.41) is 9.70. The van der Waals surface area contributed by atoms with E-state index in [1.54, 1.807) is 12.1 Å². The van der Waals surface area contributed by atoms with Crippen LogP contribution in [0.2, 0.25) is 0 Å². The van der Waals surface area contributed by atoms with E-state index in [1.165, 1.54) is 12.8 Å². The molecule has 5 nitrogen and oxygen atoms in total. The van der Waals surface area contributed by atoms with Crippen LogP contribution in [0.5, 0.6) is 5.75 Å². The van der Waals surface area contributed by atoms with Crippen LogP contribution in [0.3, 0.4) is 0 Å². The van der Waals surface area contributed by atoms with Crippen molar-refractivity contribution < 1.29 is 14.7 Å². The molecular weight excluding hydrogens is 340 g/mol. The molecule has 1 aromatic rings. The lowest BCUT2D eigenvalue weighted by Gasteiger charge is -2.35. The molecule has 146 valence electrons. The highest BCUT2D eigenvalue weighted by Gasteiger charge is 2.38. The zero-order valence-corrected chi connectivity index (χ0v) is 16.0. The van der Waals surface area contributed by atoms with Crippen LogP contribution >= 0.6 is 0 Å². The van der Waals surface area contributed by atoms with Gasteiger partial charge in [0.05, 0.1) is 0 Å². The summed E-state index contributed by atoms with van der Waals surface area (Å²) >= 11 is 0. The van der Waals surface area contributed by atoms with Crippen molar-refractivity contribution in [3.8, 4) is 5.75 Å². The molecule has 1 saturated heterocycles. The van der Waals surface area contributed by atoms with Crippen molar-refractivity contribution in [3.05, 3.63) is 29.8 Å². The van der Waals surface area contributed by atoms with E-state index in [0.29, 0.717) is 18.5 Å². The summed E-state index contributed by atoms with van der Waals surface area (Å²) in [6, 6.07) is 7.53. The van der Waals surface area contributed by atoms with Gasteiger partial charge in [0.1, 0.15) is 5.75 Å². The molecule has 0 unspecified atom stereocenters. The normalized spacial score (nSPS) is 21.4. The maximum Gasteiger partial charge on any atom is 0.226 e. The lowest BCUT2D eigenvalue weighted by molar-refractivity contribution is -0.143. The Morgan fingerprint density at radius 1 is 1.00 bits per heavy atom. The highest BCUT2D eigenvalue weighted by molar-refractivity contribution is 5.81. The maximum atomic E-state index is 13.2. The van der Waals surface area contributed by atoms with Crippen molar-refractivity contribution in [2.24, 2.45) is 11.8 Å². The number of carbonyl (C=O) groups is 2. The van der Waals surface area contributed by atoms with E-state index >= 15 is 0 Å². The van der Waals surface area contributed by atoms with Crippen LogP contribution in [0.15, 0.2) is 24.3 Å². The first kappa shape index (κ1) is 18.3. The molecule has 1 aromatic carbocycles. The summed E-state index contributed by atoms with van der Waals surface area (Å²) in [6.45, 7) is 2.01. The highest BCUT2D eigenvalue weighted by Crippen LogP contribution is 2.33. The van der Waals surface area contributed by atoms with Crippen molar-refractivity contribution in [1.29, 1.82) is 0 Å². The molecule has 0 spiro atoms. The number of phenols is 1. The van der Waals surface area contributed by atoms with Gasteiger partial charge in [-0.05, 0) is 56.2 Å². The molecule has 1 heterocycles. The minimum absolute atomic E-state index is 0.0236. The van der Waals surface area contributed by atoms with Crippen LogP contribution < -0.4 is 0 Å². The van der Waals surface area contributed by atoms with Crippen LogP contribution in [-0.4, -0.2) is 45.9 Å². The number of amides is 2. The number of rotatable bonds is 5. The van der Waals surface area contributed by atoms with Crippen molar-refractivity contribution in [1.82, 2.24) is 9.80 Å². The molecule has 4 rings (SSSR count). The van der Waals surface area contributed by atoms with Crippen LogP contribution in [-0.2, 0) is 16.1 Å². The second-order valence-corrected chi connectivity index (χ2v) is 8.45. The third kappa shape index (κ3) is 4.28. The van der Waals surface area contributed by atoms with Gasteiger partial charge in [0.2, 0.25) is 11.8 Å². The predicted octanol–water partition coefficient (Wildman–Crippen LogP) is 3.31. The SMILES string of the molecule is O=C(C1CCCC1)N1CCC(C(=O)N(Cc2cccc(O)c2)C2CC2)CC1. The number of phenolic OH excluding ortho intramolecular Hbond substituents is 1. The van der Waals surface area contributed by atoms with Crippen LogP contribution in [0.25, 0.3) is 0 Å². The molecule has 2 saturated carbocycles. The average Bonchev–Trinajstić information content (AvgIpc) is 3.38. The largest absolute Gasteiger partial charge is 0.508 e. The maximum absolute atomic E-state index is 13.2. The van der Waals surface area contributed by atoms with E-state index in [4.69, 9.17) is 0 Å². The van der Waals surface area contributed by atoms with Gasteiger partial charge in [-0.15, -0.1) is 0 Å². The van der Waals surface area contributed by atoms with Crippen molar-refractivity contribution in [2.45, 2.75) is 64.0 Å². The monoisotopic (exact) mass is 370 g/mol. The Morgan fingerprint density at radius 3 is 2.33 bits per heavy atom. The van der Waals surface area contributed by atoms with Crippen LogP contribution in [0.4, 0.5) is 0 Å². The minimum Gasteiger partial charge on any atom is -0.508 e. The molecule has 0 aromatic heterocycles. The summed E-state index contributed by atoms with van der Waals surface area (Å²) in [7, 11) is 0. The van der Waals surface area contributed by atoms with Crippen molar-refractivity contribution >= 4 is 11.8 Å². The first-order valence-electron chi connectivity index (χ1n) is 10.5. The van der Waals surface area contributed by atoms with E-state index in [1.807, 2.05) is 21.9 Å². The topological polar surface area (TPSA) is 60.9 Å². The third-order valence-corrected chi connectivity index (χ3v) is 6.39. The number of nitrogens with zero attached hydrogens (tertiary/aromatic N) is 2. The molecule has 5 heteroatoms. The Kier molecular flexibility index (Phi) is 5.37. The highest BCUT2D eigenvalue weighted by atomic mass is 16.3. The number of aromatic hydroxyl groups is 1. The van der Waals surface area contributed by atoms with E-state index in [2.05, 4.69) is 0 Å². The third-order valence-electron chi connectivity index (χ3n) is 6.39. The van der Waals surface area contributed by atoms with Gasteiger partial charge in [0, 0.05) is 37.5 Å². The Bertz CT molecular complexity index is 687. The number of hydrogen-bond donors (Lipinski definition) is 1. The fourth-order valence-corrected chi connectivity index (χ4v) is 4.64. The number of piperidine rings is 1. The molecule has 1 N–H and O–H groups in total. The molecule has 1 aliphatic heterocycles. The Hall–Kier alpha value is -2.04. The van der Waals surface area contributed by atoms with Gasteiger partial charge in [-0.3, -0.25) is 9.59 Å². The summed E-state index contributed by atoms with van der Waals surface area (Å²) < 4.78 is 0. The zero-order chi connectivity index (χ0) is 18.8. The summed E-state index contributed by atoms with van der Waals surface area (Å²) in [6.07, 6.45) is 8.13. The first-order valence-corrected chi connectivity index (χ1v) is 10.5. The molecular formula is C22H30N2O3. The predicted molar refractivity (Wildman–Crippen MR) is 103 cm³/mol. The van der Waals surface area contributed by atoms with E-state index in [0.717, 1.165) is 57.2 Å². The smallest absolute Gasteiger partial charge is 0.226 e. The van der Waals surface area contributed by atoms with Gasteiger partial charge in [-0.1, -0.05) is 25.0 Å². The minimum atomic E-state index is 0.0236. The molecule has 0 radical (unpaired) electrons. The number of benzene rings is 1. The molecule has 0 bridgehead atoms. The number of likely N-dealkylation sites (tertiary alicyclic amines) is 1. The quantitative estimate of drug-likeness (QED) is 0.865. The standard InChI is InChI=1S/C22H30N2O3/c25-20-7-3-4-16(14-20)15-24(19-8-9-19)22(27)18-10-12-23(13-11-18)21(26)17-5-1-2-6-17/h3-4,7,14,17-19,25H,1-2,5-6,8-13,15H2. The second-order valence-electron chi connectivity index (χ2n) is 8.45. The average molecular weight is 370 g/mol. The Labute approximate surface area is 161 Å². The summed E-state index contributed by atoms with van der Waals surface area (Å²) in [5.74, 6) is 1.04. The second kappa shape index (κ2) is 7.91. The van der Waals surface area contributed by atoms with Gasteiger partial charge in [-0.2, -0.15) is 0 Å². The van der Waals surface area contributed by atoms with Gasteiger partial charge in [0.25, 0.3) is 0 Å². The molecule has 27 heavy (non-hydrogen) atoms. The summed E-state index contributed by atoms with van der Waals surface area (Å²) in [5.41, 5.74) is 0.976. The van der Waals surface area contributed by atoms with Gasteiger partial charge in [0.15, 0.2) is 0 Å². The molecule has 2 aliphatic carbocycles. The molecule has 3 fully saturated rings. The zero-order valence-electron chi connectivity index (χ0n) is 16.0. The molecule has 3 aliphatic rings. The van der Waals surface area contributed by atoms with Crippen LogP contribution in [0, 0.1) is 11.8 Å². The first-order chi connectivity index (χ1) is 13.1.